The second-order valence-corrected chi connectivity index (χ2v) is 9.47. The molecule has 1 fully saturated rings. The Kier molecular flexibility index (Phi) is 8.62. The standard InChI is InChI=1S/C26H29N5O4S/c1-2-35-21-11-7-6-8-19(21)17-27-22(32)16-18-12-14-31(15-13-18)26(34)25-30-29-24(36-25)23(33)28-20-9-4-3-5-10-20/h3-11,18H,2,12-17H2,1H3,(H,27,32)(H,28,33). The van der Waals surface area contributed by atoms with Crippen LogP contribution in [0.2, 0.25) is 0 Å². The van der Waals surface area contributed by atoms with Crippen molar-refractivity contribution in [1.29, 1.82) is 0 Å². The first-order valence-corrected chi connectivity index (χ1v) is 12.8. The van der Waals surface area contributed by atoms with Crippen LogP contribution in [-0.2, 0) is 11.3 Å². The highest BCUT2D eigenvalue weighted by Crippen LogP contribution is 2.24. The molecule has 0 radical (unpaired) electrons. The van der Waals surface area contributed by atoms with E-state index >= 15 is 0 Å². The lowest BCUT2D eigenvalue weighted by atomic mass is 9.93. The molecule has 1 saturated heterocycles. The van der Waals surface area contributed by atoms with Crippen LogP contribution in [0.4, 0.5) is 5.69 Å². The predicted octanol–water partition coefficient (Wildman–Crippen LogP) is 3.75. The highest BCUT2D eigenvalue weighted by Gasteiger charge is 2.28. The summed E-state index contributed by atoms with van der Waals surface area (Å²) in [7, 11) is 0. The summed E-state index contributed by atoms with van der Waals surface area (Å²) in [5, 5.41) is 13.9. The molecule has 0 aliphatic carbocycles. The monoisotopic (exact) mass is 507 g/mol. The minimum atomic E-state index is -0.397. The van der Waals surface area contributed by atoms with Gasteiger partial charge in [-0.3, -0.25) is 14.4 Å². The average molecular weight is 508 g/mol. The van der Waals surface area contributed by atoms with Crippen LogP contribution in [0, 0.1) is 5.92 Å². The van der Waals surface area contributed by atoms with Crippen LogP contribution < -0.4 is 15.4 Å². The normalized spacial score (nSPS) is 13.8. The Morgan fingerprint density at radius 2 is 1.69 bits per heavy atom. The number of para-hydroxylation sites is 2. The van der Waals surface area contributed by atoms with Crippen LogP contribution in [0.3, 0.4) is 0 Å². The van der Waals surface area contributed by atoms with Crippen molar-refractivity contribution in [2.45, 2.75) is 32.7 Å². The number of amides is 3. The fourth-order valence-electron chi connectivity index (χ4n) is 4.06. The maximum absolute atomic E-state index is 12.9. The Morgan fingerprint density at radius 3 is 2.44 bits per heavy atom. The summed E-state index contributed by atoms with van der Waals surface area (Å²) in [6, 6.07) is 16.7. The van der Waals surface area contributed by atoms with Gasteiger partial charge in [-0.15, -0.1) is 10.2 Å². The van der Waals surface area contributed by atoms with Gasteiger partial charge in [0.1, 0.15) is 5.75 Å². The van der Waals surface area contributed by atoms with E-state index in [0.29, 0.717) is 38.3 Å². The molecule has 3 amide bonds. The van der Waals surface area contributed by atoms with Gasteiger partial charge in [-0.05, 0) is 43.9 Å². The lowest BCUT2D eigenvalue weighted by Gasteiger charge is -2.31. The molecule has 10 heteroatoms. The van der Waals surface area contributed by atoms with Gasteiger partial charge in [0.25, 0.3) is 11.8 Å². The number of piperidine rings is 1. The third kappa shape index (κ3) is 6.66. The number of aromatic nitrogens is 2. The van der Waals surface area contributed by atoms with Gasteiger partial charge in [-0.2, -0.15) is 0 Å². The first-order chi connectivity index (χ1) is 17.5. The highest BCUT2D eigenvalue weighted by atomic mass is 32.1. The van der Waals surface area contributed by atoms with E-state index in [0.717, 1.165) is 35.5 Å². The minimum absolute atomic E-state index is 0.00993. The fourth-order valence-corrected chi connectivity index (χ4v) is 4.76. The summed E-state index contributed by atoms with van der Waals surface area (Å²) in [4.78, 5) is 39.5. The van der Waals surface area contributed by atoms with E-state index in [1.165, 1.54) is 0 Å². The van der Waals surface area contributed by atoms with Gasteiger partial charge >= 0.3 is 0 Å². The molecular weight excluding hydrogens is 478 g/mol. The quantitative estimate of drug-likeness (QED) is 0.456. The van der Waals surface area contributed by atoms with Gasteiger partial charge in [0.15, 0.2) is 0 Å². The molecule has 4 rings (SSSR count). The summed E-state index contributed by atoms with van der Waals surface area (Å²) in [5.74, 6) is 0.347. The van der Waals surface area contributed by atoms with E-state index in [-0.39, 0.29) is 27.7 Å². The molecule has 188 valence electrons. The van der Waals surface area contributed by atoms with E-state index in [4.69, 9.17) is 4.74 Å². The smallest absolute Gasteiger partial charge is 0.286 e. The molecule has 1 aliphatic rings. The van der Waals surface area contributed by atoms with Crippen LogP contribution in [0.1, 0.15) is 51.4 Å². The Labute approximate surface area is 213 Å². The average Bonchev–Trinajstić information content (AvgIpc) is 3.40. The molecule has 0 bridgehead atoms. The van der Waals surface area contributed by atoms with Crippen molar-refractivity contribution in [1.82, 2.24) is 20.4 Å². The number of nitrogens with zero attached hydrogens (tertiary/aromatic N) is 3. The van der Waals surface area contributed by atoms with E-state index in [1.54, 1.807) is 17.0 Å². The molecule has 2 heterocycles. The van der Waals surface area contributed by atoms with E-state index in [9.17, 15) is 14.4 Å². The largest absolute Gasteiger partial charge is 0.494 e. The summed E-state index contributed by atoms with van der Waals surface area (Å²) >= 11 is 0.983. The molecule has 36 heavy (non-hydrogen) atoms. The maximum Gasteiger partial charge on any atom is 0.286 e. The lowest BCUT2D eigenvalue weighted by molar-refractivity contribution is -0.122. The Balaban J connectivity index is 1.22. The zero-order valence-electron chi connectivity index (χ0n) is 20.1. The summed E-state index contributed by atoms with van der Waals surface area (Å²) < 4.78 is 5.61. The van der Waals surface area contributed by atoms with Crippen LogP contribution in [0.25, 0.3) is 0 Å². The maximum atomic E-state index is 12.9. The molecule has 0 atom stereocenters. The molecule has 1 aliphatic heterocycles. The van der Waals surface area contributed by atoms with Crippen molar-refractivity contribution in [3.63, 3.8) is 0 Å². The van der Waals surface area contributed by atoms with Gasteiger partial charge in [0.05, 0.1) is 6.61 Å². The summed E-state index contributed by atoms with van der Waals surface area (Å²) in [6.07, 6.45) is 1.88. The molecule has 0 spiro atoms. The number of likely N-dealkylation sites (tertiary alicyclic amines) is 1. The van der Waals surface area contributed by atoms with Crippen molar-refractivity contribution < 1.29 is 19.1 Å². The molecular formula is C26H29N5O4S. The van der Waals surface area contributed by atoms with Gasteiger partial charge < -0.3 is 20.3 Å². The van der Waals surface area contributed by atoms with Crippen LogP contribution >= 0.6 is 11.3 Å². The van der Waals surface area contributed by atoms with Crippen LogP contribution in [-0.4, -0.2) is 52.5 Å². The Morgan fingerprint density at radius 1 is 1.00 bits per heavy atom. The number of nitrogens with one attached hydrogen (secondary N) is 2. The number of ether oxygens (including phenoxy) is 1. The van der Waals surface area contributed by atoms with Crippen LogP contribution in [0.5, 0.6) is 5.75 Å². The van der Waals surface area contributed by atoms with Crippen molar-refractivity contribution in [3.05, 3.63) is 70.2 Å². The second kappa shape index (κ2) is 12.3. The topological polar surface area (TPSA) is 114 Å². The molecule has 0 unspecified atom stereocenters. The van der Waals surface area contributed by atoms with Gasteiger partial charge in [-0.1, -0.05) is 47.7 Å². The second-order valence-electron chi connectivity index (χ2n) is 8.49. The molecule has 9 nitrogen and oxygen atoms in total. The Bertz CT molecular complexity index is 1190. The third-order valence-corrected chi connectivity index (χ3v) is 6.87. The summed E-state index contributed by atoms with van der Waals surface area (Å²) in [5.41, 5.74) is 1.59. The summed E-state index contributed by atoms with van der Waals surface area (Å²) in [6.45, 7) is 3.99. The number of carbonyl (C=O) groups excluding carboxylic acids is 3. The number of hydrogen-bond acceptors (Lipinski definition) is 7. The van der Waals surface area contributed by atoms with Gasteiger partial charge in [0, 0.05) is 37.3 Å². The van der Waals surface area contributed by atoms with E-state index < -0.39 is 5.91 Å². The molecule has 0 saturated carbocycles. The lowest BCUT2D eigenvalue weighted by Crippen LogP contribution is -2.39. The van der Waals surface area contributed by atoms with Gasteiger partial charge in [-0.25, -0.2) is 0 Å². The number of hydrogen-bond donors (Lipinski definition) is 2. The predicted molar refractivity (Wildman–Crippen MR) is 137 cm³/mol. The molecule has 3 aromatic rings. The molecule has 1 aromatic heterocycles. The van der Waals surface area contributed by atoms with Crippen molar-refractivity contribution >= 4 is 34.7 Å². The first-order valence-electron chi connectivity index (χ1n) is 12.0. The number of carbonyl (C=O) groups is 3. The van der Waals surface area contributed by atoms with Gasteiger partial charge in [0.2, 0.25) is 15.9 Å². The highest BCUT2D eigenvalue weighted by molar-refractivity contribution is 7.15. The SMILES string of the molecule is CCOc1ccccc1CNC(=O)CC1CCN(C(=O)c2nnc(C(=O)Nc3ccccc3)s2)CC1. The zero-order valence-corrected chi connectivity index (χ0v) is 20.9. The fraction of sp³-hybridized carbons (Fsp3) is 0.346. The van der Waals surface area contributed by atoms with Crippen molar-refractivity contribution in [2.75, 3.05) is 25.0 Å². The molecule has 2 aromatic carbocycles. The minimum Gasteiger partial charge on any atom is -0.494 e. The molecule has 2 N–H and O–H groups in total. The van der Waals surface area contributed by atoms with E-state index in [2.05, 4.69) is 20.8 Å². The van der Waals surface area contributed by atoms with Crippen molar-refractivity contribution in [2.24, 2.45) is 5.92 Å². The number of anilines is 1. The Hall–Kier alpha value is -3.79. The first kappa shape index (κ1) is 25.3. The number of benzene rings is 2. The van der Waals surface area contributed by atoms with Crippen molar-refractivity contribution in [3.8, 4) is 5.75 Å². The van der Waals surface area contributed by atoms with Crippen LogP contribution in [0.15, 0.2) is 54.6 Å². The zero-order chi connectivity index (χ0) is 25.3. The van der Waals surface area contributed by atoms with E-state index in [1.807, 2.05) is 49.4 Å². The third-order valence-electron chi connectivity index (χ3n) is 5.96. The number of rotatable bonds is 9.